The predicted octanol–water partition coefficient (Wildman–Crippen LogP) is 2.67. The van der Waals surface area contributed by atoms with Crippen molar-refractivity contribution in [2.75, 3.05) is 5.32 Å². The van der Waals surface area contributed by atoms with Crippen molar-refractivity contribution in [3.05, 3.63) is 28.8 Å². The zero-order valence-corrected chi connectivity index (χ0v) is 11.0. The summed E-state index contributed by atoms with van der Waals surface area (Å²) in [6.45, 7) is 2.04. The van der Waals surface area contributed by atoms with Crippen LogP contribution < -0.4 is 11.1 Å². The molecule has 1 rings (SSSR count). The molecule has 0 saturated heterocycles. The SMILES string of the molecule is CCCCC(N)C(=O)Nc1cc(C#N)ccc1Cl. The Morgan fingerprint density at radius 2 is 2.33 bits per heavy atom. The maximum Gasteiger partial charge on any atom is 0.241 e. The molecule has 4 nitrogen and oxygen atoms in total. The summed E-state index contributed by atoms with van der Waals surface area (Å²) in [7, 11) is 0. The third-order valence-electron chi connectivity index (χ3n) is 2.56. The Hall–Kier alpha value is -1.57. The van der Waals surface area contributed by atoms with E-state index < -0.39 is 6.04 Å². The van der Waals surface area contributed by atoms with Crippen LogP contribution in [0.2, 0.25) is 5.02 Å². The lowest BCUT2D eigenvalue weighted by Gasteiger charge is -2.12. The van der Waals surface area contributed by atoms with Crippen LogP contribution >= 0.6 is 11.6 Å². The van der Waals surface area contributed by atoms with Crippen LogP contribution in [-0.2, 0) is 4.79 Å². The van der Waals surface area contributed by atoms with Gasteiger partial charge in [-0.3, -0.25) is 4.79 Å². The number of nitrogens with two attached hydrogens (primary N) is 1. The van der Waals surface area contributed by atoms with E-state index in [4.69, 9.17) is 22.6 Å². The minimum atomic E-state index is -0.549. The Labute approximate surface area is 112 Å². The number of carbonyl (C=O) groups excluding carboxylic acids is 1. The topological polar surface area (TPSA) is 78.9 Å². The van der Waals surface area contributed by atoms with Crippen molar-refractivity contribution < 1.29 is 4.79 Å². The number of nitrogens with one attached hydrogen (secondary N) is 1. The molecule has 0 spiro atoms. The van der Waals surface area contributed by atoms with Gasteiger partial charge in [0.15, 0.2) is 0 Å². The third kappa shape index (κ3) is 4.02. The lowest BCUT2D eigenvalue weighted by molar-refractivity contribution is -0.117. The van der Waals surface area contributed by atoms with Gasteiger partial charge in [0.1, 0.15) is 0 Å². The van der Waals surface area contributed by atoms with Gasteiger partial charge in [-0.05, 0) is 24.6 Å². The van der Waals surface area contributed by atoms with E-state index in [2.05, 4.69) is 5.32 Å². The van der Waals surface area contributed by atoms with Crippen LogP contribution in [0, 0.1) is 11.3 Å². The number of hydrogen-bond acceptors (Lipinski definition) is 3. The van der Waals surface area contributed by atoms with Crippen LogP contribution in [0.3, 0.4) is 0 Å². The van der Waals surface area contributed by atoms with E-state index in [1.54, 1.807) is 12.1 Å². The number of anilines is 1. The lowest BCUT2D eigenvalue weighted by atomic mass is 10.1. The zero-order valence-electron chi connectivity index (χ0n) is 10.2. The monoisotopic (exact) mass is 265 g/mol. The van der Waals surface area contributed by atoms with E-state index in [0.29, 0.717) is 22.7 Å². The highest BCUT2D eigenvalue weighted by atomic mass is 35.5. The van der Waals surface area contributed by atoms with Crippen molar-refractivity contribution in [2.24, 2.45) is 5.73 Å². The highest BCUT2D eigenvalue weighted by Crippen LogP contribution is 2.23. The van der Waals surface area contributed by atoms with Gasteiger partial charge in [0.2, 0.25) is 5.91 Å². The van der Waals surface area contributed by atoms with Crippen LogP contribution in [0.1, 0.15) is 31.7 Å². The first-order valence-corrected chi connectivity index (χ1v) is 6.22. The van der Waals surface area contributed by atoms with E-state index in [-0.39, 0.29) is 5.91 Å². The van der Waals surface area contributed by atoms with E-state index in [0.717, 1.165) is 12.8 Å². The molecule has 0 radical (unpaired) electrons. The maximum atomic E-state index is 11.8. The fraction of sp³-hybridized carbons (Fsp3) is 0.385. The predicted molar refractivity (Wildman–Crippen MR) is 72.3 cm³/mol. The Morgan fingerprint density at radius 3 is 2.94 bits per heavy atom. The van der Waals surface area contributed by atoms with Crippen LogP contribution in [-0.4, -0.2) is 11.9 Å². The smallest absolute Gasteiger partial charge is 0.241 e. The summed E-state index contributed by atoms with van der Waals surface area (Å²) in [5.41, 5.74) is 6.62. The molecular weight excluding hydrogens is 250 g/mol. The minimum Gasteiger partial charge on any atom is -0.323 e. The number of rotatable bonds is 5. The standard InChI is InChI=1S/C13H16ClN3O/c1-2-3-4-11(16)13(18)17-12-7-9(8-15)5-6-10(12)14/h5-7,11H,2-4,16H2,1H3,(H,17,18). The molecule has 1 amide bonds. The van der Waals surface area contributed by atoms with E-state index in [9.17, 15) is 4.79 Å². The molecule has 0 heterocycles. The number of unbranched alkanes of at least 4 members (excludes halogenated alkanes) is 1. The quantitative estimate of drug-likeness (QED) is 0.859. The molecule has 0 aliphatic carbocycles. The number of nitrogens with zero attached hydrogens (tertiary/aromatic N) is 1. The number of nitriles is 1. The molecule has 0 aliphatic rings. The van der Waals surface area contributed by atoms with Gasteiger partial charge in [0, 0.05) is 0 Å². The second-order valence-electron chi connectivity index (χ2n) is 4.04. The molecule has 3 N–H and O–H groups in total. The Kier molecular flexibility index (Phi) is 5.63. The van der Waals surface area contributed by atoms with E-state index >= 15 is 0 Å². The Morgan fingerprint density at radius 1 is 1.61 bits per heavy atom. The number of amides is 1. The molecule has 0 fully saturated rings. The second kappa shape index (κ2) is 7.00. The average Bonchev–Trinajstić information content (AvgIpc) is 2.38. The molecular formula is C13H16ClN3O. The molecule has 1 atom stereocenters. The first kappa shape index (κ1) is 14.5. The van der Waals surface area contributed by atoms with Gasteiger partial charge in [0.05, 0.1) is 28.4 Å². The van der Waals surface area contributed by atoms with Crippen molar-refractivity contribution in [3.63, 3.8) is 0 Å². The summed E-state index contributed by atoms with van der Waals surface area (Å²) in [4.78, 5) is 11.8. The zero-order chi connectivity index (χ0) is 13.5. The molecule has 1 unspecified atom stereocenters. The molecule has 1 aromatic rings. The summed E-state index contributed by atoms with van der Waals surface area (Å²) in [6.07, 6.45) is 2.53. The number of carbonyl (C=O) groups is 1. The Bertz CT molecular complexity index is 468. The van der Waals surface area contributed by atoms with Gasteiger partial charge < -0.3 is 11.1 Å². The summed E-state index contributed by atoms with van der Waals surface area (Å²) in [6, 6.07) is 6.14. The molecule has 0 aromatic heterocycles. The van der Waals surface area contributed by atoms with E-state index in [1.165, 1.54) is 6.07 Å². The molecule has 96 valence electrons. The van der Waals surface area contributed by atoms with Crippen molar-refractivity contribution in [3.8, 4) is 6.07 Å². The van der Waals surface area contributed by atoms with Crippen LogP contribution in [0.4, 0.5) is 5.69 Å². The number of hydrogen-bond donors (Lipinski definition) is 2. The van der Waals surface area contributed by atoms with Crippen LogP contribution in [0.15, 0.2) is 18.2 Å². The maximum absolute atomic E-state index is 11.8. The van der Waals surface area contributed by atoms with Gasteiger partial charge in [-0.2, -0.15) is 5.26 Å². The first-order valence-electron chi connectivity index (χ1n) is 5.84. The fourth-order valence-electron chi connectivity index (χ4n) is 1.47. The summed E-state index contributed by atoms with van der Waals surface area (Å²) in [5.74, 6) is -0.277. The van der Waals surface area contributed by atoms with Crippen molar-refractivity contribution in [2.45, 2.75) is 32.2 Å². The van der Waals surface area contributed by atoms with Gasteiger partial charge in [-0.15, -0.1) is 0 Å². The van der Waals surface area contributed by atoms with Crippen LogP contribution in [0.5, 0.6) is 0 Å². The summed E-state index contributed by atoms with van der Waals surface area (Å²) >= 11 is 5.94. The van der Waals surface area contributed by atoms with Gasteiger partial charge >= 0.3 is 0 Å². The van der Waals surface area contributed by atoms with Gasteiger partial charge in [0.25, 0.3) is 0 Å². The van der Waals surface area contributed by atoms with Gasteiger partial charge in [-0.25, -0.2) is 0 Å². The largest absolute Gasteiger partial charge is 0.323 e. The number of benzene rings is 1. The van der Waals surface area contributed by atoms with Crippen molar-refractivity contribution in [1.82, 2.24) is 0 Å². The highest BCUT2D eigenvalue weighted by molar-refractivity contribution is 6.33. The molecule has 5 heteroatoms. The highest BCUT2D eigenvalue weighted by Gasteiger charge is 2.14. The molecule has 0 saturated carbocycles. The van der Waals surface area contributed by atoms with E-state index in [1.807, 2.05) is 13.0 Å². The molecule has 1 aromatic carbocycles. The number of halogens is 1. The van der Waals surface area contributed by atoms with Crippen molar-refractivity contribution >= 4 is 23.2 Å². The fourth-order valence-corrected chi connectivity index (χ4v) is 1.64. The van der Waals surface area contributed by atoms with Crippen LogP contribution in [0.25, 0.3) is 0 Å². The third-order valence-corrected chi connectivity index (χ3v) is 2.89. The summed E-state index contributed by atoms with van der Waals surface area (Å²) in [5, 5.41) is 11.8. The minimum absolute atomic E-state index is 0.277. The van der Waals surface area contributed by atoms with Gasteiger partial charge in [-0.1, -0.05) is 31.4 Å². The molecule has 0 bridgehead atoms. The Balaban J connectivity index is 2.72. The molecule has 0 aliphatic heterocycles. The van der Waals surface area contributed by atoms with Crippen molar-refractivity contribution in [1.29, 1.82) is 5.26 Å². The molecule has 18 heavy (non-hydrogen) atoms. The second-order valence-corrected chi connectivity index (χ2v) is 4.45. The normalized spacial score (nSPS) is 11.7. The lowest BCUT2D eigenvalue weighted by Crippen LogP contribution is -2.35. The first-order chi connectivity index (χ1) is 8.58. The average molecular weight is 266 g/mol. The summed E-state index contributed by atoms with van der Waals surface area (Å²) < 4.78 is 0.